The Kier molecular flexibility index (Phi) is 10.5. The minimum atomic E-state index is -1.14. The number of aliphatic hydroxyl groups is 1. The number of nitrogens with one attached hydrogen (secondary N) is 2. The first-order chi connectivity index (χ1) is 17.9. The molecular formula is C28H29ClN2O6. The van der Waals surface area contributed by atoms with E-state index in [-0.39, 0.29) is 23.7 Å². The molecule has 0 radical (unpaired) electrons. The van der Waals surface area contributed by atoms with E-state index in [0.717, 1.165) is 11.1 Å². The number of carbonyl (C=O) groups is 3. The maximum absolute atomic E-state index is 13.0. The third kappa shape index (κ3) is 8.34. The Balaban J connectivity index is 1.64. The highest BCUT2D eigenvalue weighted by Crippen LogP contribution is 2.29. The zero-order valence-electron chi connectivity index (χ0n) is 20.4. The molecule has 3 rings (SSSR count). The Morgan fingerprint density at radius 1 is 0.919 bits per heavy atom. The van der Waals surface area contributed by atoms with Crippen LogP contribution in [0, 0.1) is 0 Å². The van der Waals surface area contributed by atoms with E-state index in [0.29, 0.717) is 30.2 Å². The lowest BCUT2D eigenvalue weighted by molar-refractivity contribution is -0.140. The molecular weight excluding hydrogens is 496 g/mol. The van der Waals surface area contributed by atoms with Crippen LogP contribution in [-0.4, -0.2) is 49.2 Å². The van der Waals surface area contributed by atoms with Gasteiger partial charge in [0, 0.05) is 18.0 Å². The highest BCUT2D eigenvalue weighted by Gasteiger charge is 2.22. The van der Waals surface area contributed by atoms with Crippen LogP contribution in [0.1, 0.15) is 27.9 Å². The molecule has 3 aromatic rings. The fourth-order valence-corrected chi connectivity index (χ4v) is 3.67. The van der Waals surface area contributed by atoms with Gasteiger partial charge in [0.2, 0.25) is 5.91 Å². The quantitative estimate of drug-likeness (QED) is 0.311. The number of carbonyl (C=O) groups excluding carboxylic acids is 3. The van der Waals surface area contributed by atoms with E-state index in [4.69, 9.17) is 21.1 Å². The first kappa shape index (κ1) is 27.7. The number of benzene rings is 3. The van der Waals surface area contributed by atoms with Crippen molar-refractivity contribution in [2.24, 2.45) is 0 Å². The number of aliphatic hydroxyl groups excluding tert-OH is 1. The number of esters is 1. The lowest BCUT2D eigenvalue weighted by Gasteiger charge is -2.18. The molecule has 1 atom stereocenters. The van der Waals surface area contributed by atoms with E-state index in [1.165, 1.54) is 7.11 Å². The second-order valence-electron chi connectivity index (χ2n) is 8.16. The summed E-state index contributed by atoms with van der Waals surface area (Å²) in [6, 6.07) is 19.9. The first-order valence-corrected chi connectivity index (χ1v) is 12.1. The largest absolute Gasteiger partial charge is 0.469 e. The zero-order chi connectivity index (χ0) is 26.6. The van der Waals surface area contributed by atoms with Crippen LogP contribution in [-0.2, 0) is 27.2 Å². The Morgan fingerprint density at radius 2 is 1.59 bits per heavy atom. The molecule has 0 fully saturated rings. The van der Waals surface area contributed by atoms with E-state index in [9.17, 15) is 19.5 Å². The molecule has 0 saturated heterocycles. The van der Waals surface area contributed by atoms with Gasteiger partial charge in [-0.05, 0) is 54.3 Å². The molecule has 3 aromatic carbocycles. The Morgan fingerprint density at radius 3 is 2.30 bits per heavy atom. The summed E-state index contributed by atoms with van der Waals surface area (Å²) in [6.45, 7) is -0.243. The smallest absolute Gasteiger partial charge is 0.305 e. The first-order valence-electron chi connectivity index (χ1n) is 11.8. The molecule has 2 amide bonds. The highest BCUT2D eigenvalue weighted by molar-refractivity contribution is 6.30. The van der Waals surface area contributed by atoms with Crippen molar-refractivity contribution >= 4 is 29.4 Å². The van der Waals surface area contributed by atoms with Crippen molar-refractivity contribution in [1.82, 2.24) is 10.6 Å². The van der Waals surface area contributed by atoms with Crippen LogP contribution in [0.4, 0.5) is 0 Å². The SMILES string of the molecule is COC(=O)CCc1ccccc1Oc1ccccc1C(=O)N[C@@H](CO)C(=O)NCCc1ccc(Cl)cc1. The minimum Gasteiger partial charge on any atom is -0.469 e. The third-order valence-corrected chi connectivity index (χ3v) is 5.83. The number of halogens is 1. The molecule has 0 heterocycles. The average molecular weight is 525 g/mol. The van der Waals surface area contributed by atoms with Crippen molar-refractivity contribution in [3.8, 4) is 11.5 Å². The summed E-state index contributed by atoms with van der Waals surface area (Å²) in [5.74, 6) is -0.655. The second-order valence-corrected chi connectivity index (χ2v) is 8.59. The molecule has 0 unspecified atom stereocenters. The number of rotatable bonds is 12. The summed E-state index contributed by atoms with van der Waals surface area (Å²) >= 11 is 5.89. The summed E-state index contributed by atoms with van der Waals surface area (Å²) in [7, 11) is 1.33. The number of hydrogen-bond acceptors (Lipinski definition) is 6. The number of amides is 2. The minimum absolute atomic E-state index is 0.185. The van der Waals surface area contributed by atoms with Gasteiger partial charge in [-0.3, -0.25) is 14.4 Å². The number of hydrogen-bond donors (Lipinski definition) is 3. The van der Waals surface area contributed by atoms with Crippen LogP contribution in [0.2, 0.25) is 5.02 Å². The van der Waals surface area contributed by atoms with Gasteiger partial charge in [0.1, 0.15) is 17.5 Å². The molecule has 9 heteroatoms. The van der Waals surface area contributed by atoms with E-state index >= 15 is 0 Å². The van der Waals surface area contributed by atoms with Gasteiger partial charge in [-0.15, -0.1) is 0 Å². The standard InChI is InChI=1S/C28H29ClN2O6/c1-36-26(33)15-12-20-6-2-4-8-24(20)37-25-9-5-3-7-22(25)27(34)31-23(18-32)28(35)30-17-16-19-10-13-21(29)14-11-19/h2-11,13-14,23,32H,12,15-18H2,1H3,(H,30,35)(H,31,34)/t23-/m0/s1. The van der Waals surface area contributed by atoms with Crippen LogP contribution < -0.4 is 15.4 Å². The van der Waals surface area contributed by atoms with E-state index in [1.807, 2.05) is 24.3 Å². The molecule has 0 saturated carbocycles. The van der Waals surface area contributed by atoms with Gasteiger partial charge in [-0.1, -0.05) is 54.1 Å². The molecule has 0 aliphatic heterocycles. The van der Waals surface area contributed by atoms with Crippen LogP contribution in [0.25, 0.3) is 0 Å². The maximum atomic E-state index is 13.0. The van der Waals surface area contributed by atoms with Crippen molar-refractivity contribution in [3.05, 3.63) is 94.5 Å². The lowest BCUT2D eigenvalue weighted by atomic mass is 10.1. The molecule has 0 spiro atoms. The Hall–Kier alpha value is -3.88. The number of methoxy groups -OCH3 is 1. The predicted octanol–water partition coefficient (Wildman–Crippen LogP) is 3.69. The number of para-hydroxylation sites is 2. The predicted molar refractivity (Wildman–Crippen MR) is 140 cm³/mol. The van der Waals surface area contributed by atoms with Crippen LogP contribution in [0.3, 0.4) is 0 Å². The van der Waals surface area contributed by atoms with Crippen LogP contribution in [0.5, 0.6) is 11.5 Å². The summed E-state index contributed by atoms with van der Waals surface area (Å²) in [5.41, 5.74) is 1.96. The van der Waals surface area contributed by atoms with Crippen molar-refractivity contribution in [2.45, 2.75) is 25.3 Å². The van der Waals surface area contributed by atoms with Crippen molar-refractivity contribution in [2.75, 3.05) is 20.3 Å². The van der Waals surface area contributed by atoms with Gasteiger partial charge < -0.3 is 25.2 Å². The average Bonchev–Trinajstić information content (AvgIpc) is 2.92. The summed E-state index contributed by atoms with van der Waals surface area (Å²) < 4.78 is 10.7. The Labute approximate surface area is 220 Å². The van der Waals surface area contributed by atoms with Crippen molar-refractivity contribution in [1.29, 1.82) is 0 Å². The van der Waals surface area contributed by atoms with Gasteiger partial charge in [0.15, 0.2) is 0 Å². The fraction of sp³-hybridized carbons (Fsp3) is 0.250. The number of aryl methyl sites for hydroxylation is 1. The van der Waals surface area contributed by atoms with Gasteiger partial charge in [-0.25, -0.2) is 0 Å². The summed E-state index contributed by atoms with van der Waals surface area (Å²) in [6.07, 6.45) is 1.16. The van der Waals surface area contributed by atoms with Crippen molar-refractivity contribution in [3.63, 3.8) is 0 Å². The molecule has 37 heavy (non-hydrogen) atoms. The summed E-state index contributed by atoms with van der Waals surface area (Å²) in [4.78, 5) is 37.2. The van der Waals surface area contributed by atoms with Gasteiger partial charge in [-0.2, -0.15) is 0 Å². The third-order valence-electron chi connectivity index (χ3n) is 5.58. The second kappa shape index (κ2) is 14.0. The van der Waals surface area contributed by atoms with Gasteiger partial charge in [0.25, 0.3) is 5.91 Å². The van der Waals surface area contributed by atoms with Crippen LogP contribution >= 0.6 is 11.6 Å². The summed E-state index contributed by atoms with van der Waals surface area (Å²) in [5, 5.41) is 15.7. The molecule has 3 N–H and O–H groups in total. The van der Waals surface area contributed by atoms with E-state index in [1.54, 1.807) is 48.5 Å². The highest BCUT2D eigenvalue weighted by atomic mass is 35.5. The molecule has 0 aromatic heterocycles. The zero-order valence-corrected chi connectivity index (χ0v) is 21.2. The normalized spacial score (nSPS) is 11.3. The van der Waals surface area contributed by atoms with E-state index in [2.05, 4.69) is 10.6 Å². The molecule has 0 aliphatic rings. The molecule has 0 aliphatic carbocycles. The lowest BCUT2D eigenvalue weighted by Crippen LogP contribution is -2.49. The maximum Gasteiger partial charge on any atom is 0.305 e. The van der Waals surface area contributed by atoms with Gasteiger partial charge in [0.05, 0.1) is 19.3 Å². The topological polar surface area (TPSA) is 114 Å². The monoisotopic (exact) mass is 524 g/mol. The van der Waals surface area contributed by atoms with Crippen molar-refractivity contribution < 1.29 is 29.0 Å². The molecule has 8 nitrogen and oxygen atoms in total. The molecule has 194 valence electrons. The fourth-order valence-electron chi connectivity index (χ4n) is 3.54. The van der Waals surface area contributed by atoms with Crippen LogP contribution in [0.15, 0.2) is 72.8 Å². The Bertz CT molecular complexity index is 1220. The van der Waals surface area contributed by atoms with E-state index < -0.39 is 24.5 Å². The molecule has 0 bridgehead atoms. The number of ether oxygens (including phenoxy) is 2. The van der Waals surface area contributed by atoms with Gasteiger partial charge >= 0.3 is 5.97 Å².